The molecule has 0 aliphatic carbocycles. The van der Waals surface area contributed by atoms with Crippen LogP contribution >= 0.6 is 11.8 Å². The highest BCUT2D eigenvalue weighted by Crippen LogP contribution is 2.05. The van der Waals surface area contributed by atoms with Gasteiger partial charge in [0.2, 0.25) is 11.9 Å². The van der Waals surface area contributed by atoms with E-state index in [2.05, 4.69) is 19.7 Å². The highest BCUT2D eigenvalue weighted by Gasteiger charge is 2.03. The molecule has 0 aliphatic heterocycles. The van der Waals surface area contributed by atoms with Gasteiger partial charge in [0.25, 0.3) is 0 Å². The fourth-order valence-corrected chi connectivity index (χ4v) is 1.70. The molecule has 0 radical (unpaired) electrons. The van der Waals surface area contributed by atoms with Gasteiger partial charge in [-0.25, -0.2) is 0 Å². The van der Waals surface area contributed by atoms with Crippen LogP contribution in [0.4, 0.5) is 11.9 Å². The quantitative estimate of drug-likeness (QED) is 0.524. The van der Waals surface area contributed by atoms with Gasteiger partial charge in [-0.1, -0.05) is 0 Å². The number of hydrogen-bond donors (Lipinski definition) is 2. The Kier molecular flexibility index (Phi) is 4.77. The van der Waals surface area contributed by atoms with Crippen LogP contribution in [0.3, 0.4) is 0 Å². The zero-order valence-corrected chi connectivity index (χ0v) is 9.66. The van der Waals surface area contributed by atoms with E-state index in [4.69, 9.17) is 11.5 Å². The Hall–Kier alpha value is -1.57. The van der Waals surface area contributed by atoms with Crippen molar-refractivity contribution in [2.24, 2.45) is 0 Å². The predicted octanol–water partition coefficient (Wildman–Crippen LogP) is -0.515. The van der Waals surface area contributed by atoms with Crippen molar-refractivity contribution in [3.05, 3.63) is 5.82 Å². The standard InChI is InChI=1S/C8H13N5O2S/c1-15-6(14)4-16-3-2-5-11-7(9)13-8(10)12-5/h2-4H2,1H3,(H4,9,10,11,12,13). The van der Waals surface area contributed by atoms with Crippen molar-refractivity contribution in [3.63, 3.8) is 0 Å². The van der Waals surface area contributed by atoms with Gasteiger partial charge in [-0.3, -0.25) is 4.79 Å². The average molecular weight is 243 g/mol. The molecule has 0 unspecified atom stereocenters. The molecular formula is C8H13N5O2S. The van der Waals surface area contributed by atoms with E-state index in [9.17, 15) is 4.79 Å². The first-order valence-corrected chi connectivity index (χ1v) is 5.67. The molecule has 0 aromatic carbocycles. The first-order chi connectivity index (χ1) is 7.61. The van der Waals surface area contributed by atoms with E-state index >= 15 is 0 Å². The Bertz CT molecular complexity index is 353. The fourth-order valence-electron chi connectivity index (χ4n) is 0.947. The third-order valence-corrected chi connectivity index (χ3v) is 2.57. The zero-order valence-electron chi connectivity index (χ0n) is 8.84. The number of nitrogen functional groups attached to an aromatic ring is 2. The number of rotatable bonds is 5. The monoisotopic (exact) mass is 243 g/mol. The van der Waals surface area contributed by atoms with Crippen molar-refractivity contribution >= 4 is 29.6 Å². The SMILES string of the molecule is COC(=O)CSCCc1nc(N)nc(N)n1. The molecule has 1 rings (SSSR count). The lowest BCUT2D eigenvalue weighted by atomic mass is 10.4. The van der Waals surface area contributed by atoms with Crippen molar-refractivity contribution in [2.75, 3.05) is 30.1 Å². The normalized spacial score (nSPS) is 10.1. The molecular weight excluding hydrogens is 230 g/mol. The molecule has 8 heteroatoms. The van der Waals surface area contributed by atoms with Crippen LogP contribution in [-0.2, 0) is 16.0 Å². The van der Waals surface area contributed by atoms with Crippen LogP contribution in [0.5, 0.6) is 0 Å². The van der Waals surface area contributed by atoms with Gasteiger partial charge < -0.3 is 16.2 Å². The predicted molar refractivity (Wildman–Crippen MR) is 61.7 cm³/mol. The molecule has 1 aromatic heterocycles. The van der Waals surface area contributed by atoms with Gasteiger partial charge in [0.15, 0.2) is 0 Å². The Morgan fingerprint density at radius 2 is 1.94 bits per heavy atom. The number of ether oxygens (including phenoxy) is 1. The minimum Gasteiger partial charge on any atom is -0.468 e. The van der Waals surface area contributed by atoms with Crippen LogP contribution in [-0.4, -0.2) is 39.5 Å². The topological polar surface area (TPSA) is 117 Å². The number of aromatic nitrogens is 3. The molecule has 0 bridgehead atoms. The minimum absolute atomic E-state index is 0.112. The lowest BCUT2D eigenvalue weighted by molar-refractivity contribution is -0.137. The van der Waals surface area contributed by atoms with E-state index in [1.807, 2.05) is 0 Å². The van der Waals surface area contributed by atoms with E-state index < -0.39 is 0 Å². The number of esters is 1. The van der Waals surface area contributed by atoms with Crippen LogP contribution in [0.2, 0.25) is 0 Å². The maximum Gasteiger partial charge on any atom is 0.315 e. The lowest BCUT2D eigenvalue weighted by Gasteiger charge is -2.01. The number of thioether (sulfide) groups is 1. The van der Waals surface area contributed by atoms with Crippen LogP contribution in [0.15, 0.2) is 0 Å². The number of nitrogens with two attached hydrogens (primary N) is 2. The molecule has 0 fully saturated rings. The second-order valence-electron chi connectivity index (χ2n) is 2.85. The van der Waals surface area contributed by atoms with E-state index in [-0.39, 0.29) is 17.9 Å². The highest BCUT2D eigenvalue weighted by molar-refractivity contribution is 7.99. The van der Waals surface area contributed by atoms with Crippen molar-refractivity contribution < 1.29 is 9.53 Å². The first kappa shape index (κ1) is 12.5. The molecule has 7 nitrogen and oxygen atoms in total. The van der Waals surface area contributed by atoms with Gasteiger partial charge in [-0.15, -0.1) is 11.8 Å². The fraction of sp³-hybridized carbons (Fsp3) is 0.500. The van der Waals surface area contributed by atoms with Gasteiger partial charge in [-0.2, -0.15) is 15.0 Å². The Morgan fingerprint density at radius 1 is 1.31 bits per heavy atom. The number of aryl methyl sites for hydroxylation is 1. The van der Waals surface area contributed by atoms with Gasteiger partial charge in [0.1, 0.15) is 5.82 Å². The molecule has 16 heavy (non-hydrogen) atoms. The van der Waals surface area contributed by atoms with Crippen molar-refractivity contribution in [3.8, 4) is 0 Å². The zero-order chi connectivity index (χ0) is 12.0. The van der Waals surface area contributed by atoms with Crippen LogP contribution in [0.1, 0.15) is 5.82 Å². The van der Waals surface area contributed by atoms with Crippen molar-refractivity contribution in [1.29, 1.82) is 0 Å². The number of carbonyl (C=O) groups is 1. The van der Waals surface area contributed by atoms with E-state index in [1.165, 1.54) is 18.9 Å². The van der Waals surface area contributed by atoms with Gasteiger partial charge in [0.05, 0.1) is 12.9 Å². The average Bonchev–Trinajstić information content (AvgIpc) is 2.22. The third kappa shape index (κ3) is 4.30. The molecule has 1 heterocycles. The molecule has 0 saturated heterocycles. The van der Waals surface area contributed by atoms with Gasteiger partial charge in [0, 0.05) is 12.2 Å². The lowest BCUT2D eigenvalue weighted by Crippen LogP contribution is -2.08. The summed E-state index contributed by atoms with van der Waals surface area (Å²) in [4.78, 5) is 22.3. The Morgan fingerprint density at radius 3 is 2.50 bits per heavy atom. The number of carbonyl (C=O) groups excluding carboxylic acids is 1. The highest BCUT2D eigenvalue weighted by atomic mass is 32.2. The molecule has 4 N–H and O–H groups in total. The summed E-state index contributed by atoms with van der Waals surface area (Å²) in [5.41, 5.74) is 10.8. The minimum atomic E-state index is -0.250. The summed E-state index contributed by atoms with van der Waals surface area (Å²) in [7, 11) is 1.36. The maximum atomic E-state index is 10.8. The molecule has 88 valence electrons. The second-order valence-corrected chi connectivity index (χ2v) is 3.95. The van der Waals surface area contributed by atoms with E-state index in [0.717, 1.165) is 0 Å². The van der Waals surface area contributed by atoms with E-state index in [0.29, 0.717) is 23.8 Å². The second kappa shape index (κ2) is 6.11. The maximum absolute atomic E-state index is 10.8. The Labute approximate surface area is 97.0 Å². The number of hydrogen-bond acceptors (Lipinski definition) is 8. The van der Waals surface area contributed by atoms with E-state index in [1.54, 1.807) is 0 Å². The number of anilines is 2. The van der Waals surface area contributed by atoms with Gasteiger partial charge in [-0.05, 0) is 0 Å². The summed E-state index contributed by atoms with van der Waals surface area (Å²) in [5, 5.41) is 0. The summed E-state index contributed by atoms with van der Waals surface area (Å²) in [6.45, 7) is 0. The summed E-state index contributed by atoms with van der Waals surface area (Å²) in [5.74, 6) is 1.51. The van der Waals surface area contributed by atoms with Gasteiger partial charge >= 0.3 is 5.97 Å². The molecule has 0 atom stereocenters. The summed E-state index contributed by atoms with van der Waals surface area (Å²) in [6.07, 6.45) is 0.582. The van der Waals surface area contributed by atoms with Crippen LogP contribution in [0.25, 0.3) is 0 Å². The molecule has 0 aliphatic rings. The molecule has 0 saturated carbocycles. The van der Waals surface area contributed by atoms with Crippen molar-refractivity contribution in [1.82, 2.24) is 15.0 Å². The smallest absolute Gasteiger partial charge is 0.315 e. The molecule has 1 aromatic rings. The Balaban J connectivity index is 2.34. The molecule has 0 spiro atoms. The first-order valence-electron chi connectivity index (χ1n) is 4.52. The number of nitrogens with zero attached hydrogens (tertiary/aromatic N) is 3. The number of methoxy groups -OCH3 is 1. The van der Waals surface area contributed by atoms with Crippen LogP contribution in [0, 0.1) is 0 Å². The summed E-state index contributed by atoms with van der Waals surface area (Å²) in [6, 6.07) is 0. The summed E-state index contributed by atoms with van der Waals surface area (Å²) >= 11 is 1.44. The largest absolute Gasteiger partial charge is 0.468 e. The molecule has 0 amide bonds. The third-order valence-electron chi connectivity index (χ3n) is 1.63. The van der Waals surface area contributed by atoms with Crippen molar-refractivity contribution in [2.45, 2.75) is 6.42 Å². The summed E-state index contributed by atoms with van der Waals surface area (Å²) < 4.78 is 4.50. The van der Waals surface area contributed by atoms with Crippen LogP contribution < -0.4 is 11.5 Å².